The highest BCUT2D eigenvalue weighted by atomic mass is 16.3. The molecule has 0 saturated carbocycles. The Morgan fingerprint density at radius 2 is 1.78 bits per heavy atom. The molecule has 1 unspecified atom stereocenters. The molecule has 0 spiro atoms. The highest BCUT2D eigenvalue weighted by Crippen LogP contribution is 2.28. The van der Waals surface area contributed by atoms with Gasteiger partial charge in [0.15, 0.2) is 0 Å². The number of rotatable bonds is 2. The Bertz CT molecular complexity index is 597. The topological polar surface area (TPSA) is 64.1 Å². The molecule has 6 heteroatoms. The van der Waals surface area contributed by atoms with E-state index in [1.807, 2.05) is 17.0 Å². The second-order valence-corrected chi connectivity index (χ2v) is 6.17. The van der Waals surface area contributed by atoms with Crippen LogP contribution in [0.3, 0.4) is 0 Å². The van der Waals surface area contributed by atoms with Gasteiger partial charge in [-0.1, -0.05) is 12.1 Å². The van der Waals surface area contributed by atoms with Crippen molar-refractivity contribution >= 4 is 17.5 Å². The highest BCUT2D eigenvalue weighted by molar-refractivity contribution is 5.87. The molecule has 1 aromatic rings. The van der Waals surface area contributed by atoms with Crippen LogP contribution < -0.4 is 4.90 Å². The summed E-state index contributed by atoms with van der Waals surface area (Å²) in [5, 5.41) is 9.94. The number of phenolic OH excluding ortho intramolecular Hbond substituents is 1. The number of amides is 2. The number of benzene rings is 1. The summed E-state index contributed by atoms with van der Waals surface area (Å²) in [7, 11) is 0. The van der Waals surface area contributed by atoms with Gasteiger partial charge in [-0.25, -0.2) is 0 Å². The first-order valence-electron chi connectivity index (χ1n) is 8.17. The summed E-state index contributed by atoms with van der Waals surface area (Å²) in [6.45, 7) is 4.84. The van der Waals surface area contributed by atoms with Crippen molar-refractivity contribution in [3.05, 3.63) is 24.3 Å². The fourth-order valence-corrected chi connectivity index (χ4v) is 3.51. The summed E-state index contributed by atoms with van der Waals surface area (Å²) in [4.78, 5) is 30.0. The molecule has 2 aliphatic rings. The smallest absolute Gasteiger partial charge is 0.245 e. The fourth-order valence-electron chi connectivity index (χ4n) is 3.51. The first-order valence-corrected chi connectivity index (χ1v) is 8.17. The monoisotopic (exact) mass is 317 g/mol. The Labute approximate surface area is 136 Å². The summed E-state index contributed by atoms with van der Waals surface area (Å²) in [5.41, 5.74) is 0.811. The lowest BCUT2D eigenvalue weighted by Crippen LogP contribution is -2.54. The number of carbonyl (C=O) groups excluding carboxylic acids is 2. The number of aromatic hydroxyl groups is 1. The maximum Gasteiger partial charge on any atom is 0.245 e. The maximum atomic E-state index is 12.7. The van der Waals surface area contributed by atoms with Gasteiger partial charge in [0, 0.05) is 39.6 Å². The van der Waals surface area contributed by atoms with Gasteiger partial charge in [0.05, 0.1) is 5.69 Å². The average molecular weight is 317 g/mol. The van der Waals surface area contributed by atoms with Crippen LogP contribution in [0, 0.1) is 0 Å². The molecule has 23 heavy (non-hydrogen) atoms. The molecule has 124 valence electrons. The molecule has 2 saturated heterocycles. The number of hydrogen-bond donors (Lipinski definition) is 1. The number of carbonyl (C=O) groups is 2. The quantitative estimate of drug-likeness (QED) is 0.886. The molecule has 0 radical (unpaired) electrons. The molecule has 6 nitrogen and oxygen atoms in total. The molecule has 1 aromatic carbocycles. The SMILES string of the molecule is CC(=O)N1CCCC1C(=O)N1CCN(c2ccccc2O)CC1. The van der Waals surface area contributed by atoms with Crippen molar-refractivity contribution in [2.24, 2.45) is 0 Å². The van der Waals surface area contributed by atoms with Gasteiger partial charge in [0.1, 0.15) is 11.8 Å². The van der Waals surface area contributed by atoms with Crippen molar-refractivity contribution in [1.82, 2.24) is 9.80 Å². The zero-order valence-electron chi connectivity index (χ0n) is 13.4. The van der Waals surface area contributed by atoms with Gasteiger partial charge in [0.25, 0.3) is 0 Å². The highest BCUT2D eigenvalue weighted by Gasteiger charge is 2.36. The second-order valence-electron chi connectivity index (χ2n) is 6.17. The van der Waals surface area contributed by atoms with E-state index < -0.39 is 0 Å². The van der Waals surface area contributed by atoms with Gasteiger partial charge >= 0.3 is 0 Å². The molecular weight excluding hydrogens is 294 g/mol. The third kappa shape index (κ3) is 3.11. The van der Waals surface area contributed by atoms with Crippen molar-refractivity contribution in [2.75, 3.05) is 37.6 Å². The first-order chi connectivity index (χ1) is 11.1. The number of anilines is 1. The molecule has 2 amide bonds. The average Bonchev–Trinajstić information content (AvgIpc) is 3.05. The first kappa shape index (κ1) is 15.6. The van der Waals surface area contributed by atoms with E-state index in [1.165, 1.54) is 6.92 Å². The molecule has 3 rings (SSSR count). The predicted molar refractivity (Wildman–Crippen MR) is 87.3 cm³/mol. The van der Waals surface area contributed by atoms with Gasteiger partial charge in [0.2, 0.25) is 11.8 Å². The van der Waals surface area contributed by atoms with E-state index in [9.17, 15) is 14.7 Å². The molecular formula is C17H23N3O3. The van der Waals surface area contributed by atoms with Crippen LogP contribution in [0.5, 0.6) is 5.75 Å². The van der Waals surface area contributed by atoms with Crippen LogP contribution in [-0.4, -0.2) is 65.5 Å². The van der Waals surface area contributed by atoms with Crippen LogP contribution in [0.2, 0.25) is 0 Å². The predicted octanol–water partition coefficient (Wildman–Crippen LogP) is 1.05. The van der Waals surface area contributed by atoms with Crippen molar-refractivity contribution < 1.29 is 14.7 Å². The van der Waals surface area contributed by atoms with E-state index in [4.69, 9.17) is 0 Å². The molecule has 0 bridgehead atoms. The largest absolute Gasteiger partial charge is 0.506 e. The third-order valence-corrected chi connectivity index (χ3v) is 4.76. The summed E-state index contributed by atoms with van der Waals surface area (Å²) in [5.74, 6) is 0.314. The van der Waals surface area contributed by atoms with Crippen LogP contribution in [0.1, 0.15) is 19.8 Å². The van der Waals surface area contributed by atoms with Gasteiger partial charge in [-0.15, -0.1) is 0 Å². The molecule has 2 aliphatic heterocycles. The third-order valence-electron chi connectivity index (χ3n) is 4.76. The van der Waals surface area contributed by atoms with E-state index in [2.05, 4.69) is 4.90 Å². The Kier molecular flexibility index (Phi) is 4.41. The van der Waals surface area contributed by atoms with Crippen LogP contribution >= 0.6 is 0 Å². The van der Waals surface area contributed by atoms with Gasteiger partial charge in [-0.3, -0.25) is 9.59 Å². The minimum absolute atomic E-state index is 0.0197. The lowest BCUT2D eigenvalue weighted by molar-refractivity contribution is -0.143. The van der Waals surface area contributed by atoms with Crippen LogP contribution in [0.4, 0.5) is 5.69 Å². The van der Waals surface area contributed by atoms with Gasteiger partial charge in [-0.05, 0) is 25.0 Å². The zero-order valence-corrected chi connectivity index (χ0v) is 13.4. The van der Waals surface area contributed by atoms with Crippen molar-refractivity contribution in [3.63, 3.8) is 0 Å². The molecule has 0 aromatic heterocycles. The standard InChI is InChI=1S/C17H23N3O3/c1-13(21)20-8-4-6-15(20)17(23)19-11-9-18(10-12-19)14-5-2-3-7-16(14)22/h2-3,5,7,15,22H,4,6,8-12H2,1H3. The van der Waals surface area contributed by atoms with Gasteiger partial charge < -0.3 is 19.8 Å². The number of likely N-dealkylation sites (tertiary alicyclic amines) is 1. The lowest BCUT2D eigenvalue weighted by atomic mass is 10.1. The Morgan fingerprint density at radius 3 is 2.43 bits per heavy atom. The van der Waals surface area contributed by atoms with E-state index >= 15 is 0 Å². The number of hydrogen-bond acceptors (Lipinski definition) is 4. The second kappa shape index (κ2) is 6.48. The summed E-state index contributed by atoms with van der Waals surface area (Å²) < 4.78 is 0. The van der Waals surface area contributed by atoms with E-state index in [0.29, 0.717) is 32.7 Å². The normalized spacial score (nSPS) is 21.6. The van der Waals surface area contributed by atoms with E-state index in [-0.39, 0.29) is 23.6 Å². The van der Waals surface area contributed by atoms with E-state index in [0.717, 1.165) is 18.5 Å². The maximum absolute atomic E-state index is 12.7. The Hall–Kier alpha value is -2.24. The number of phenols is 1. The lowest BCUT2D eigenvalue weighted by Gasteiger charge is -2.38. The molecule has 0 aliphatic carbocycles. The van der Waals surface area contributed by atoms with Gasteiger partial charge in [-0.2, -0.15) is 0 Å². The van der Waals surface area contributed by atoms with Crippen LogP contribution in [0.15, 0.2) is 24.3 Å². The minimum atomic E-state index is -0.288. The molecule has 1 N–H and O–H groups in total. The molecule has 2 fully saturated rings. The zero-order chi connectivity index (χ0) is 16.4. The van der Waals surface area contributed by atoms with Crippen molar-refractivity contribution in [2.45, 2.75) is 25.8 Å². The number of para-hydroxylation sites is 2. The van der Waals surface area contributed by atoms with Crippen LogP contribution in [-0.2, 0) is 9.59 Å². The summed E-state index contributed by atoms with van der Waals surface area (Å²) >= 11 is 0. The fraction of sp³-hybridized carbons (Fsp3) is 0.529. The van der Waals surface area contributed by atoms with E-state index in [1.54, 1.807) is 17.0 Å². The summed E-state index contributed by atoms with van der Waals surface area (Å²) in [6.07, 6.45) is 1.66. The summed E-state index contributed by atoms with van der Waals surface area (Å²) in [6, 6.07) is 6.98. The number of piperazine rings is 1. The Balaban J connectivity index is 1.62. The number of nitrogens with zero attached hydrogens (tertiary/aromatic N) is 3. The van der Waals surface area contributed by atoms with Crippen LogP contribution in [0.25, 0.3) is 0 Å². The molecule has 1 atom stereocenters. The Morgan fingerprint density at radius 1 is 1.09 bits per heavy atom. The van der Waals surface area contributed by atoms with Crippen molar-refractivity contribution in [3.8, 4) is 5.75 Å². The van der Waals surface area contributed by atoms with Crippen molar-refractivity contribution in [1.29, 1.82) is 0 Å². The minimum Gasteiger partial charge on any atom is -0.506 e. The molecule has 2 heterocycles.